The van der Waals surface area contributed by atoms with E-state index in [9.17, 15) is 0 Å². The molecule has 0 saturated carbocycles. The monoisotopic (exact) mass is 320 g/mol. The van der Waals surface area contributed by atoms with E-state index in [-0.39, 0.29) is 10.8 Å². The summed E-state index contributed by atoms with van der Waals surface area (Å²) in [6, 6.07) is 0. The van der Waals surface area contributed by atoms with Gasteiger partial charge in [0, 0.05) is 0 Å². The maximum Gasteiger partial charge on any atom is -0.0180 e. The molecular formula is C23H44. The molecule has 0 saturated heterocycles. The fourth-order valence-electron chi connectivity index (χ4n) is 2.86. The minimum Gasteiger partial charge on any atom is -0.103 e. The Balaban J connectivity index is 4.98. The smallest absolute Gasteiger partial charge is 0.0180 e. The lowest BCUT2D eigenvalue weighted by molar-refractivity contribution is 0.0594. The van der Waals surface area contributed by atoms with Crippen LogP contribution < -0.4 is 0 Å². The standard InChI is InChI=1S/C23H44/c1-12-19(21(6,7)13-2)18-23(10,11)22(8,9)17-15-14-16-20(3,4)5/h12,14-15,19H,1,13,16-18H2,2-11H3. The van der Waals surface area contributed by atoms with Crippen molar-refractivity contribution >= 4 is 0 Å². The molecule has 0 bridgehead atoms. The molecule has 0 spiro atoms. The van der Waals surface area contributed by atoms with Gasteiger partial charge in [0.15, 0.2) is 0 Å². The van der Waals surface area contributed by atoms with Crippen molar-refractivity contribution in [1.82, 2.24) is 0 Å². The van der Waals surface area contributed by atoms with Gasteiger partial charge < -0.3 is 0 Å². The van der Waals surface area contributed by atoms with Crippen LogP contribution in [0, 0.1) is 27.6 Å². The van der Waals surface area contributed by atoms with Crippen molar-refractivity contribution in [3.05, 3.63) is 24.8 Å². The molecule has 1 unspecified atom stereocenters. The molecule has 0 aliphatic rings. The molecule has 0 heterocycles. The van der Waals surface area contributed by atoms with Crippen molar-refractivity contribution in [1.29, 1.82) is 0 Å². The van der Waals surface area contributed by atoms with Gasteiger partial charge in [-0.2, -0.15) is 0 Å². The first-order valence-electron chi connectivity index (χ1n) is 9.46. The predicted octanol–water partition coefficient (Wildman–Crippen LogP) is 8.05. The highest BCUT2D eigenvalue weighted by molar-refractivity contribution is 5.00. The highest BCUT2D eigenvalue weighted by atomic mass is 14.4. The van der Waals surface area contributed by atoms with E-state index in [2.05, 4.69) is 94.0 Å². The average Bonchev–Trinajstić information content (AvgIpc) is 2.39. The minimum atomic E-state index is 0.282. The van der Waals surface area contributed by atoms with Gasteiger partial charge in [0.05, 0.1) is 0 Å². The Labute approximate surface area is 147 Å². The summed E-state index contributed by atoms with van der Waals surface area (Å²) in [6.07, 6.45) is 11.7. The van der Waals surface area contributed by atoms with E-state index in [0.717, 1.165) is 12.8 Å². The Morgan fingerprint density at radius 3 is 1.65 bits per heavy atom. The molecule has 0 nitrogen and oxygen atoms in total. The molecule has 0 amide bonds. The predicted molar refractivity (Wildman–Crippen MR) is 108 cm³/mol. The SMILES string of the molecule is C=CC(CC(C)(C)C(C)(C)CC=CCC(C)(C)C)C(C)(C)CC. The normalized spacial score (nSPS) is 15.9. The van der Waals surface area contributed by atoms with E-state index in [0.29, 0.717) is 16.7 Å². The zero-order chi connectivity index (χ0) is 18.5. The summed E-state index contributed by atoms with van der Waals surface area (Å²) in [5, 5.41) is 0. The zero-order valence-electron chi connectivity index (χ0n) is 17.8. The number of rotatable bonds is 9. The average molecular weight is 321 g/mol. The molecule has 0 N–H and O–H groups in total. The van der Waals surface area contributed by atoms with Crippen LogP contribution in [0.2, 0.25) is 0 Å². The highest BCUT2D eigenvalue weighted by Gasteiger charge is 2.40. The topological polar surface area (TPSA) is 0 Å². The Hall–Kier alpha value is -0.520. The van der Waals surface area contributed by atoms with E-state index >= 15 is 0 Å². The molecule has 0 heteroatoms. The molecule has 1 atom stereocenters. The summed E-state index contributed by atoms with van der Waals surface area (Å²) in [7, 11) is 0. The maximum atomic E-state index is 4.13. The summed E-state index contributed by atoms with van der Waals surface area (Å²) in [5.41, 5.74) is 1.28. The number of hydrogen-bond acceptors (Lipinski definition) is 0. The zero-order valence-corrected chi connectivity index (χ0v) is 17.8. The van der Waals surface area contributed by atoms with Gasteiger partial charge >= 0.3 is 0 Å². The Bertz CT molecular complexity index is 385. The lowest BCUT2D eigenvalue weighted by Crippen LogP contribution is -2.37. The van der Waals surface area contributed by atoms with Crippen LogP contribution >= 0.6 is 0 Å². The second kappa shape index (κ2) is 8.04. The van der Waals surface area contributed by atoms with Gasteiger partial charge in [0.1, 0.15) is 0 Å². The molecule has 136 valence electrons. The summed E-state index contributed by atoms with van der Waals surface area (Å²) in [6.45, 7) is 27.8. The molecule has 0 aliphatic heterocycles. The lowest BCUT2D eigenvalue weighted by atomic mass is 9.59. The molecule has 0 fully saturated rings. The van der Waals surface area contributed by atoms with Crippen LogP contribution in [0.15, 0.2) is 24.8 Å². The first-order chi connectivity index (χ1) is 10.2. The maximum absolute atomic E-state index is 4.13. The van der Waals surface area contributed by atoms with E-state index in [1.807, 2.05) is 0 Å². The molecule has 0 rings (SSSR count). The van der Waals surface area contributed by atoms with Crippen molar-refractivity contribution < 1.29 is 0 Å². The van der Waals surface area contributed by atoms with Crippen LogP contribution in [0.1, 0.15) is 94.9 Å². The van der Waals surface area contributed by atoms with Crippen LogP contribution in [-0.2, 0) is 0 Å². The van der Waals surface area contributed by atoms with Crippen LogP contribution in [0.25, 0.3) is 0 Å². The molecule has 0 aliphatic carbocycles. The van der Waals surface area contributed by atoms with Gasteiger partial charge in [-0.15, -0.1) is 6.58 Å². The first kappa shape index (κ1) is 22.5. The van der Waals surface area contributed by atoms with E-state index < -0.39 is 0 Å². The summed E-state index contributed by atoms with van der Waals surface area (Å²) in [4.78, 5) is 0. The van der Waals surface area contributed by atoms with Gasteiger partial charge in [-0.05, 0) is 46.8 Å². The van der Waals surface area contributed by atoms with Crippen molar-refractivity contribution in [3.8, 4) is 0 Å². The molecule has 23 heavy (non-hydrogen) atoms. The van der Waals surface area contributed by atoms with Crippen molar-refractivity contribution in [3.63, 3.8) is 0 Å². The second-order valence-corrected chi connectivity index (χ2v) is 10.6. The number of allylic oxidation sites excluding steroid dienone is 3. The third kappa shape index (κ3) is 7.27. The lowest BCUT2D eigenvalue weighted by Gasteiger charge is -2.46. The van der Waals surface area contributed by atoms with Crippen molar-refractivity contribution in [2.75, 3.05) is 0 Å². The van der Waals surface area contributed by atoms with Crippen molar-refractivity contribution in [2.24, 2.45) is 27.6 Å². The molecule has 0 aromatic carbocycles. The van der Waals surface area contributed by atoms with Crippen LogP contribution in [0.3, 0.4) is 0 Å². The summed E-state index contributed by atoms with van der Waals surface area (Å²) in [5.74, 6) is 0.570. The third-order valence-corrected chi connectivity index (χ3v) is 6.29. The minimum absolute atomic E-state index is 0.282. The summed E-state index contributed by atoms with van der Waals surface area (Å²) >= 11 is 0. The largest absolute Gasteiger partial charge is 0.103 e. The van der Waals surface area contributed by atoms with Gasteiger partial charge in [-0.1, -0.05) is 93.9 Å². The van der Waals surface area contributed by atoms with E-state index in [4.69, 9.17) is 0 Å². The second-order valence-electron chi connectivity index (χ2n) is 10.6. The van der Waals surface area contributed by atoms with Gasteiger partial charge in [0.2, 0.25) is 0 Å². The fourth-order valence-corrected chi connectivity index (χ4v) is 2.86. The van der Waals surface area contributed by atoms with Crippen LogP contribution in [-0.4, -0.2) is 0 Å². The van der Waals surface area contributed by atoms with E-state index in [1.54, 1.807) is 0 Å². The first-order valence-corrected chi connectivity index (χ1v) is 9.46. The fraction of sp³-hybridized carbons (Fsp3) is 0.826. The van der Waals surface area contributed by atoms with Gasteiger partial charge in [-0.3, -0.25) is 0 Å². The Morgan fingerprint density at radius 1 is 0.783 bits per heavy atom. The Morgan fingerprint density at radius 2 is 1.26 bits per heavy atom. The highest BCUT2D eigenvalue weighted by Crippen LogP contribution is 2.49. The van der Waals surface area contributed by atoms with Gasteiger partial charge in [-0.25, -0.2) is 0 Å². The van der Waals surface area contributed by atoms with Crippen LogP contribution in [0.4, 0.5) is 0 Å². The van der Waals surface area contributed by atoms with Crippen molar-refractivity contribution in [2.45, 2.75) is 94.9 Å². The molecule has 0 aromatic heterocycles. The van der Waals surface area contributed by atoms with E-state index in [1.165, 1.54) is 12.8 Å². The number of hydrogen-bond donors (Lipinski definition) is 0. The Kier molecular flexibility index (Phi) is 7.86. The van der Waals surface area contributed by atoms with Crippen LogP contribution in [0.5, 0.6) is 0 Å². The molecular weight excluding hydrogens is 276 g/mol. The molecule has 0 radical (unpaired) electrons. The summed E-state index contributed by atoms with van der Waals surface area (Å²) < 4.78 is 0. The quantitative estimate of drug-likeness (QED) is 0.377. The van der Waals surface area contributed by atoms with Gasteiger partial charge in [0.25, 0.3) is 0 Å². The molecule has 0 aromatic rings. The third-order valence-electron chi connectivity index (χ3n) is 6.29.